The summed E-state index contributed by atoms with van der Waals surface area (Å²) in [5.74, 6) is -0.862. The number of hydrogen-bond acceptors (Lipinski definition) is 1. The van der Waals surface area contributed by atoms with Crippen LogP contribution in [-0.4, -0.2) is 11.1 Å². The molecule has 0 heterocycles. The average Bonchev–Trinajstić information content (AvgIpc) is 2.80. The fourth-order valence-corrected chi connectivity index (χ4v) is 2.24. The molecular weight excluding hydrogens is 176 g/mol. The van der Waals surface area contributed by atoms with Crippen molar-refractivity contribution >= 4 is 5.97 Å². The van der Waals surface area contributed by atoms with E-state index in [-0.39, 0.29) is 11.3 Å². The Morgan fingerprint density at radius 1 is 1.50 bits per heavy atom. The Labute approximate surface area is 83.6 Å². The first-order chi connectivity index (χ1) is 6.55. The molecule has 0 aromatic heterocycles. The molecule has 1 aromatic carbocycles. The molecule has 1 aliphatic carbocycles. The maximum atomic E-state index is 10.9. The SMILES string of the molecule is Cc1ccccc1C1(C)CC1C(=O)O. The van der Waals surface area contributed by atoms with Gasteiger partial charge in [-0.3, -0.25) is 4.79 Å². The van der Waals surface area contributed by atoms with Crippen molar-refractivity contribution in [1.82, 2.24) is 0 Å². The number of aryl methyl sites for hydroxylation is 1. The van der Waals surface area contributed by atoms with Crippen molar-refractivity contribution in [2.75, 3.05) is 0 Å². The monoisotopic (exact) mass is 190 g/mol. The van der Waals surface area contributed by atoms with Crippen molar-refractivity contribution in [2.24, 2.45) is 5.92 Å². The number of hydrogen-bond donors (Lipinski definition) is 1. The molecule has 74 valence electrons. The Morgan fingerprint density at radius 2 is 2.14 bits per heavy atom. The summed E-state index contributed by atoms with van der Waals surface area (Å²) in [6.07, 6.45) is 0.771. The van der Waals surface area contributed by atoms with E-state index >= 15 is 0 Å². The number of carboxylic acid groups (broad SMARTS) is 1. The molecule has 0 spiro atoms. The minimum atomic E-state index is -0.671. The van der Waals surface area contributed by atoms with Crippen LogP contribution in [0.3, 0.4) is 0 Å². The van der Waals surface area contributed by atoms with E-state index in [1.807, 2.05) is 38.1 Å². The second-order valence-electron chi connectivity index (χ2n) is 4.33. The van der Waals surface area contributed by atoms with Gasteiger partial charge in [-0.15, -0.1) is 0 Å². The van der Waals surface area contributed by atoms with Gasteiger partial charge in [0.25, 0.3) is 0 Å². The lowest BCUT2D eigenvalue weighted by Gasteiger charge is -2.13. The molecular formula is C12H14O2. The average molecular weight is 190 g/mol. The van der Waals surface area contributed by atoms with Crippen molar-refractivity contribution in [3.8, 4) is 0 Å². The van der Waals surface area contributed by atoms with Gasteiger partial charge in [-0.1, -0.05) is 31.2 Å². The van der Waals surface area contributed by atoms with E-state index in [1.165, 1.54) is 11.1 Å². The first-order valence-electron chi connectivity index (χ1n) is 4.84. The summed E-state index contributed by atoms with van der Waals surface area (Å²) in [4.78, 5) is 10.9. The highest BCUT2D eigenvalue weighted by molar-refractivity contribution is 5.77. The van der Waals surface area contributed by atoms with E-state index in [4.69, 9.17) is 5.11 Å². The Bertz CT molecular complexity index is 384. The van der Waals surface area contributed by atoms with E-state index in [9.17, 15) is 4.79 Å². The van der Waals surface area contributed by atoms with Gasteiger partial charge < -0.3 is 5.11 Å². The number of aliphatic carboxylic acids is 1. The molecule has 2 atom stereocenters. The van der Waals surface area contributed by atoms with Gasteiger partial charge in [0.2, 0.25) is 0 Å². The summed E-state index contributed by atoms with van der Waals surface area (Å²) in [7, 11) is 0. The van der Waals surface area contributed by atoms with Gasteiger partial charge >= 0.3 is 5.97 Å². The van der Waals surface area contributed by atoms with E-state index in [0.717, 1.165) is 6.42 Å². The molecule has 14 heavy (non-hydrogen) atoms. The van der Waals surface area contributed by atoms with Crippen LogP contribution in [0.1, 0.15) is 24.5 Å². The fourth-order valence-electron chi connectivity index (χ4n) is 2.24. The van der Waals surface area contributed by atoms with Crippen molar-refractivity contribution < 1.29 is 9.90 Å². The van der Waals surface area contributed by atoms with Gasteiger partial charge in [-0.2, -0.15) is 0 Å². The molecule has 1 saturated carbocycles. The molecule has 1 fully saturated rings. The van der Waals surface area contributed by atoms with Crippen LogP contribution in [-0.2, 0) is 10.2 Å². The largest absolute Gasteiger partial charge is 0.481 e. The summed E-state index contributed by atoms with van der Waals surface area (Å²) in [6, 6.07) is 8.04. The fraction of sp³-hybridized carbons (Fsp3) is 0.417. The topological polar surface area (TPSA) is 37.3 Å². The van der Waals surface area contributed by atoms with Crippen LogP contribution in [0.2, 0.25) is 0 Å². The lowest BCUT2D eigenvalue weighted by Crippen LogP contribution is -2.12. The number of carbonyl (C=O) groups is 1. The highest BCUT2D eigenvalue weighted by Gasteiger charge is 2.56. The molecule has 1 aliphatic rings. The van der Waals surface area contributed by atoms with Gasteiger partial charge in [0.15, 0.2) is 0 Å². The van der Waals surface area contributed by atoms with Gasteiger partial charge in [0.05, 0.1) is 5.92 Å². The standard InChI is InChI=1S/C12H14O2/c1-8-5-3-4-6-9(8)12(2)7-10(12)11(13)14/h3-6,10H,7H2,1-2H3,(H,13,14). The number of carboxylic acids is 1. The van der Waals surface area contributed by atoms with Crippen LogP contribution in [0, 0.1) is 12.8 Å². The summed E-state index contributed by atoms with van der Waals surface area (Å²) >= 11 is 0. The van der Waals surface area contributed by atoms with E-state index < -0.39 is 5.97 Å². The molecule has 0 aliphatic heterocycles. The summed E-state index contributed by atoms with van der Waals surface area (Å²) in [5, 5.41) is 8.94. The summed E-state index contributed by atoms with van der Waals surface area (Å²) in [5.41, 5.74) is 2.25. The van der Waals surface area contributed by atoms with Crippen molar-refractivity contribution in [3.63, 3.8) is 0 Å². The smallest absolute Gasteiger partial charge is 0.307 e. The van der Waals surface area contributed by atoms with Crippen molar-refractivity contribution in [1.29, 1.82) is 0 Å². The van der Waals surface area contributed by atoms with Crippen molar-refractivity contribution in [3.05, 3.63) is 35.4 Å². The predicted octanol–water partition coefficient (Wildman–Crippen LogP) is 2.36. The molecule has 2 unspecified atom stereocenters. The number of rotatable bonds is 2. The molecule has 2 nitrogen and oxygen atoms in total. The van der Waals surface area contributed by atoms with Gasteiger partial charge in [0.1, 0.15) is 0 Å². The van der Waals surface area contributed by atoms with Gasteiger partial charge in [0, 0.05) is 5.41 Å². The second kappa shape index (κ2) is 2.84. The second-order valence-corrected chi connectivity index (χ2v) is 4.33. The van der Waals surface area contributed by atoms with Crippen LogP contribution in [0.5, 0.6) is 0 Å². The Morgan fingerprint density at radius 3 is 2.64 bits per heavy atom. The van der Waals surface area contributed by atoms with E-state index in [0.29, 0.717) is 0 Å². The first kappa shape index (κ1) is 9.25. The Balaban J connectivity index is 2.34. The van der Waals surface area contributed by atoms with Crippen LogP contribution >= 0.6 is 0 Å². The molecule has 2 rings (SSSR count). The van der Waals surface area contributed by atoms with Crippen molar-refractivity contribution in [2.45, 2.75) is 25.7 Å². The van der Waals surface area contributed by atoms with Gasteiger partial charge in [-0.25, -0.2) is 0 Å². The normalized spacial score (nSPS) is 30.0. The zero-order chi connectivity index (χ0) is 10.3. The third kappa shape index (κ3) is 1.22. The Hall–Kier alpha value is -1.31. The number of benzene rings is 1. The molecule has 0 amide bonds. The maximum Gasteiger partial charge on any atom is 0.307 e. The maximum absolute atomic E-state index is 10.9. The summed E-state index contributed by atoms with van der Waals surface area (Å²) < 4.78 is 0. The molecule has 0 bridgehead atoms. The van der Waals surface area contributed by atoms with E-state index in [1.54, 1.807) is 0 Å². The quantitative estimate of drug-likeness (QED) is 0.777. The van der Waals surface area contributed by atoms with Crippen LogP contribution in [0.15, 0.2) is 24.3 Å². The molecule has 1 N–H and O–H groups in total. The zero-order valence-electron chi connectivity index (χ0n) is 8.45. The highest BCUT2D eigenvalue weighted by Crippen LogP contribution is 2.54. The van der Waals surface area contributed by atoms with Crippen LogP contribution in [0.25, 0.3) is 0 Å². The molecule has 2 heteroatoms. The molecule has 0 saturated heterocycles. The third-order valence-corrected chi connectivity index (χ3v) is 3.30. The zero-order valence-corrected chi connectivity index (χ0v) is 8.45. The molecule has 0 radical (unpaired) electrons. The predicted molar refractivity (Wildman–Crippen MR) is 54.3 cm³/mol. The first-order valence-corrected chi connectivity index (χ1v) is 4.84. The minimum absolute atomic E-state index is 0.128. The third-order valence-electron chi connectivity index (χ3n) is 3.30. The molecule has 1 aromatic rings. The summed E-state index contributed by atoms with van der Waals surface area (Å²) in [6.45, 7) is 4.08. The van der Waals surface area contributed by atoms with Gasteiger partial charge in [-0.05, 0) is 24.5 Å². The highest BCUT2D eigenvalue weighted by atomic mass is 16.4. The minimum Gasteiger partial charge on any atom is -0.481 e. The lowest BCUT2D eigenvalue weighted by atomic mass is 9.91. The Kier molecular flexibility index (Phi) is 1.88. The van der Waals surface area contributed by atoms with Crippen LogP contribution in [0.4, 0.5) is 0 Å². The van der Waals surface area contributed by atoms with Crippen LogP contribution < -0.4 is 0 Å². The lowest BCUT2D eigenvalue weighted by molar-refractivity contribution is -0.138. The van der Waals surface area contributed by atoms with E-state index in [2.05, 4.69) is 0 Å².